The molecule has 218 valence electrons. The molecule has 1 aromatic heterocycles. The van der Waals surface area contributed by atoms with Crippen LogP contribution in [0.25, 0.3) is 96.6 Å². The van der Waals surface area contributed by atoms with Crippen molar-refractivity contribution in [3.8, 4) is 33.4 Å². The zero-order chi connectivity index (χ0) is 30.9. The predicted octanol–water partition coefficient (Wildman–Crippen LogP) is 13.7. The van der Waals surface area contributed by atoms with Crippen LogP contribution in [0.1, 0.15) is 0 Å². The summed E-state index contributed by atoms with van der Waals surface area (Å²) in [6.45, 7) is 0. The first-order valence-electron chi connectivity index (χ1n) is 16.2. The average Bonchev–Trinajstić information content (AvgIpc) is 3.52. The smallest absolute Gasteiger partial charge is 0.0368 e. The van der Waals surface area contributed by atoms with E-state index in [4.69, 9.17) is 0 Å². The Balaban J connectivity index is 1.26. The van der Waals surface area contributed by atoms with Crippen LogP contribution < -0.4 is 0 Å². The van der Waals surface area contributed by atoms with Crippen molar-refractivity contribution in [2.45, 2.75) is 0 Å². The summed E-state index contributed by atoms with van der Waals surface area (Å²) in [5.74, 6) is 0. The van der Waals surface area contributed by atoms with Crippen LogP contribution in [0.4, 0.5) is 0 Å². The Morgan fingerprint density at radius 3 is 1.57 bits per heavy atom. The lowest BCUT2D eigenvalue weighted by atomic mass is 9.84. The Bertz CT molecular complexity index is 2790. The molecule has 0 atom stereocenters. The molecular formula is C46H28S. The van der Waals surface area contributed by atoms with E-state index in [-0.39, 0.29) is 0 Å². The summed E-state index contributed by atoms with van der Waals surface area (Å²) < 4.78 is 2.67. The highest BCUT2D eigenvalue weighted by atomic mass is 32.1. The van der Waals surface area contributed by atoms with Gasteiger partial charge in [-0.2, -0.15) is 0 Å². The number of thiophene rings is 1. The van der Waals surface area contributed by atoms with Gasteiger partial charge in [0.05, 0.1) is 0 Å². The van der Waals surface area contributed by atoms with Gasteiger partial charge in [0.1, 0.15) is 0 Å². The zero-order valence-corrected chi connectivity index (χ0v) is 26.4. The second-order valence-corrected chi connectivity index (χ2v) is 13.5. The second kappa shape index (κ2) is 10.4. The fraction of sp³-hybridized carbons (Fsp3) is 0. The lowest BCUT2D eigenvalue weighted by molar-refractivity contribution is 1.65. The third-order valence-electron chi connectivity index (χ3n) is 9.84. The molecule has 0 nitrogen and oxygen atoms in total. The van der Waals surface area contributed by atoms with Crippen molar-refractivity contribution in [2.75, 3.05) is 0 Å². The minimum absolute atomic E-state index is 1.24. The number of hydrogen-bond acceptors (Lipinski definition) is 1. The molecule has 1 heterocycles. The van der Waals surface area contributed by atoms with Gasteiger partial charge in [-0.3, -0.25) is 0 Å². The molecule has 9 aromatic carbocycles. The molecule has 47 heavy (non-hydrogen) atoms. The summed E-state index contributed by atoms with van der Waals surface area (Å²) in [5.41, 5.74) is 7.62. The Morgan fingerprint density at radius 2 is 0.830 bits per heavy atom. The molecule has 1 heteroatoms. The Hall–Kier alpha value is -5.76. The van der Waals surface area contributed by atoms with E-state index in [0.29, 0.717) is 0 Å². The van der Waals surface area contributed by atoms with E-state index in [9.17, 15) is 0 Å². The lowest BCUT2D eigenvalue weighted by Crippen LogP contribution is -1.92. The van der Waals surface area contributed by atoms with Gasteiger partial charge < -0.3 is 0 Å². The fourth-order valence-corrected chi connectivity index (χ4v) is 9.01. The summed E-state index contributed by atoms with van der Waals surface area (Å²) >= 11 is 1.89. The highest BCUT2D eigenvalue weighted by Gasteiger charge is 2.19. The normalized spacial score (nSPS) is 11.8. The molecular weight excluding hydrogens is 585 g/mol. The molecule has 0 saturated carbocycles. The average molecular weight is 613 g/mol. The molecule has 0 spiro atoms. The highest BCUT2D eigenvalue weighted by Crippen LogP contribution is 2.47. The van der Waals surface area contributed by atoms with E-state index >= 15 is 0 Å². The van der Waals surface area contributed by atoms with Crippen molar-refractivity contribution in [3.05, 3.63) is 170 Å². The van der Waals surface area contributed by atoms with Crippen LogP contribution in [0, 0.1) is 0 Å². The molecule has 10 aromatic rings. The van der Waals surface area contributed by atoms with Crippen molar-refractivity contribution in [1.82, 2.24) is 0 Å². The standard InChI is InChI=1S/C46H28S/c1-2-17-32-29(13-1)14-12-25-34(32)45-38-22-7-5-20-36(38)44(37-21-6-8-23-39(37)45)31-16-11-15-30(27-31)41-28-43-46(35-19-4-3-18-33(35)41)40-24-9-10-26-42(40)47-43/h1-28H. The van der Waals surface area contributed by atoms with Crippen LogP contribution in [0.15, 0.2) is 170 Å². The Labute approximate surface area is 276 Å². The first-order chi connectivity index (χ1) is 23.3. The SMILES string of the molecule is c1cc(-c2c3ccccc3c(-c3cccc4ccccc34)c3ccccc23)cc(-c2cc3sc4ccccc4c3c3ccccc23)c1. The van der Waals surface area contributed by atoms with Gasteiger partial charge in [0, 0.05) is 20.2 Å². The number of rotatable bonds is 3. The molecule has 10 rings (SSSR count). The van der Waals surface area contributed by atoms with E-state index in [1.54, 1.807) is 0 Å². The molecule has 0 radical (unpaired) electrons. The monoisotopic (exact) mass is 612 g/mol. The van der Waals surface area contributed by atoms with Gasteiger partial charge in [0.25, 0.3) is 0 Å². The van der Waals surface area contributed by atoms with E-state index in [1.165, 1.54) is 96.6 Å². The third-order valence-corrected chi connectivity index (χ3v) is 11.0. The molecule has 0 aliphatic heterocycles. The third kappa shape index (κ3) is 4.00. The van der Waals surface area contributed by atoms with E-state index < -0.39 is 0 Å². The van der Waals surface area contributed by atoms with Crippen molar-refractivity contribution in [3.63, 3.8) is 0 Å². The second-order valence-electron chi connectivity index (χ2n) is 12.4. The van der Waals surface area contributed by atoms with Gasteiger partial charge in [-0.05, 0) is 94.7 Å². The molecule has 0 aliphatic rings. The topological polar surface area (TPSA) is 0 Å². The molecule has 0 aliphatic carbocycles. The number of hydrogen-bond donors (Lipinski definition) is 0. The van der Waals surface area contributed by atoms with Gasteiger partial charge >= 0.3 is 0 Å². The minimum Gasteiger partial charge on any atom is -0.135 e. The van der Waals surface area contributed by atoms with E-state index in [2.05, 4.69) is 170 Å². The zero-order valence-electron chi connectivity index (χ0n) is 25.6. The molecule has 0 amide bonds. The maximum Gasteiger partial charge on any atom is 0.0368 e. The van der Waals surface area contributed by atoms with Crippen molar-refractivity contribution in [2.24, 2.45) is 0 Å². The summed E-state index contributed by atoms with van der Waals surface area (Å²) in [4.78, 5) is 0. The van der Waals surface area contributed by atoms with Crippen LogP contribution in [0.5, 0.6) is 0 Å². The first-order valence-corrected chi connectivity index (χ1v) is 17.0. The van der Waals surface area contributed by atoms with Crippen LogP contribution in [0.2, 0.25) is 0 Å². The highest BCUT2D eigenvalue weighted by molar-refractivity contribution is 7.26. The maximum absolute atomic E-state index is 2.42. The van der Waals surface area contributed by atoms with Crippen LogP contribution >= 0.6 is 11.3 Å². The van der Waals surface area contributed by atoms with Gasteiger partial charge in [0.15, 0.2) is 0 Å². The summed E-state index contributed by atoms with van der Waals surface area (Å²) in [7, 11) is 0. The van der Waals surface area contributed by atoms with E-state index in [1.807, 2.05) is 11.3 Å². The lowest BCUT2D eigenvalue weighted by Gasteiger charge is -2.19. The summed E-state index contributed by atoms with van der Waals surface area (Å²) in [5, 5.41) is 13.0. The molecule has 0 saturated heterocycles. The van der Waals surface area contributed by atoms with Crippen molar-refractivity contribution >= 4 is 74.6 Å². The molecule has 0 fully saturated rings. The molecule has 0 bridgehead atoms. The maximum atomic E-state index is 2.42. The number of benzene rings is 9. The molecule has 0 unspecified atom stereocenters. The fourth-order valence-electron chi connectivity index (χ4n) is 7.84. The summed E-state index contributed by atoms with van der Waals surface area (Å²) in [6, 6.07) is 62.7. The summed E-state index contributed by atoms with van der Waals surface area (Å²) in [6.07, 6.45) is 0. The van der Waals surface area contributed by atoms with Gasteiger partial charge in [-0.25, -0.2) is 0 Å². The Morgan fingerprint density at radius 1 is 0.298 bits per heavy atom. The van der Waals surface area contributed by atoms with Crippen LogP contribution in [-0.4, -0.2) is 0 Å². The van der Waals surface area contributed by atoms with E-state index in [0.717, 1.165) is 0 Å². The van der Waals surface area contributed by atoms with Gasteiger partial charge in [-0.1, -0.05) is 152 Å². The number of fused-ring (bicyclic) bond motifs is 8. The quantitative estimate of drug-likeness (QED) is 0.174. The Kier molecular flexibility index (Phi) is 5.85. The van der Waals surface area contributed by atoms with Gasteiger partial charge in [0.2, 0.25) is 0 Å². The first kappa shape index (κ1) is 26.5. The largest absolute Gasteiger partial charge is 0.135 e. The van der Waals surface area contributed by atoms with Crippen molar-refractivity contribution in [1.29, 1.82) is 0 Å². The van der Waals surface area contributed by atoms with Crippen molar-refractivity contribution < 1.29 is 0 Å². The molecule has 0 N–H and O–H groups in total. The van der Waals surface area contributed by atoms with Crippen LogP contribution in [0.3, 0.4) is 0 Å². The van der Waals surface area contributed by atoms with Crippen LogP contribution in [-0.2, 0) is 0 Å². The predicted molar refractivity (Wildman–Crippen MR) is 206 cm³/mol. The van der Waals surface area contributed by atoms with Gasteiger partial charge in [-0.15, -0.1) is 11.3 Å². The minimum atomic E-state index is 1.24.